The van der Waals surface area contributed by atoms with E-state index in [4.69, 9.17) is 4.74 Å². The van der Waals surface area contributed by atoms with E-state index < -0.39 is 11.9 Å². The maximum atomic E-state index is 11.6. The minimum absolute atomic E-state index is 0.331. The molecule has 0 amide bonds. The molecule has 2 aromatic rings. The Balaban J connectivity index is 2.23. The number of pyridine rings is 1. The smallest absolute Gasteiger partial charge is 0.341 e. The van der Waals surface area contributed by atoms with E-state index in [2.05, 4.69) is 15.0 Å². The highest BCUT2D eigenvalue weighted by molar-refractivity contribution is 5.95. The van der Waals surface area contributed by atoms with Crippen LogP contribution in [-0.4, -0.2) is 31.1 Å². The number of carbonyl (C=O) groups is 2. The number of nitrogens with zero attached hydrogens (tertiary/aromatic N) is 1. The topological polar surface area (TPSA) is 77.5 Å². The summed E-state index contributed by atoms with van der Waals surface area (Å²) in [4.78, 5) is 27.1. The molecule has 0 atom stereocenters. The fourth-order valence-electron chi connectivity index (χ4n) is 1.72. The summed E-state index contributed by atoms with van der Waals surface area (Å²) in [7, 11) is 2.63. The highest BCUT2D eigenvalue weighted by Crippen LogP contribution is 2.19. The Bertz CT molecular complexity index is 653. The number of rotatable bonds is 4. The number of hydrogen-bond acceptors (Lipinski definition) is 6. The second kappa shape index (κ2) is 6.51. The number of ether oxygens (including phenoxy) is 2. The second-order valence-corrected chi connectivity index (χ2v) is 4.09. The average molecular weight is 286 g/mol. The van der Waals surface area contributed by atoms with E-state index >= 15 is 0 Å². The molecule has 0 aliphatic heterocycles. The Morgan fingerprint density at radius 3 is 2.29 bits per heavy atom. The fraction of sp³-hybridized carbons (Fsp3) is 0.133. The third-order valence-corrected chi connectivity index (χ3v) is 2.78. The summed E-state index contributed by atoms with van der Waals surface area (Å²) in [5.41, 5.74) is 1.46. The summed E-state index contributed by atoms with van der Waals surface area (Å²) in [5.74, 6) is -0.499. The van der Waals surface area contributed by atoms with E-state index in [1.54, 1.807) is 42.6 Å². The number of hydrogen-bond donors (Lipinski definition) is 1. The van der Waals surface area contributed by atoms with E-state index in [1.807, 2.05) is 0 Å². The minimum Gasteiger partial charge on any atom is -0.465 e. The van der Waals surface area contributed by atoms with Gasteiger partial charge in [-0.1, -0.05) is 0 Å². The maximum Gasteiger partial charge on any atom is 0.341 e. The Morgan fingerprint density at radius 2 is 1.67 bits per heavy atom. The van der Waals surface area contributed by atoms with Crippen molar-refractivity contribution < 1.29 is 19.1 Å². The van der Waals surface area contributed by atoms with Gasteiger partial charge in [0.2, 0.25) is 0 Å². The first-order chi connectivity index (χ1) is 10.2. The number of anilines is 2. The van der Waals surface area contributed by atoms with Gasteiger partial charge in [0, 0.05) is 11.9 Å². The lowest BCUT2D eigenvalue weighted by molar-refractivity contribution is 0.0592. The van der Waals surface area contributed by atoms with Crippen LogP contribution < -0.4 is 5.32 Å². The average Bonchev–Trinajstić information content (AvgIpc) is 2.54. The number of aromatic nitrogens is 1. The van der Waals surface area contributed by atoms with Crippen molar-refractivity contribution in [3.8, 4) is 0 Å². The monoisotopic (exact) mass is 286 g/mol. The zero-order valence-electron chi connectivity index (χ0n) is 11.6. The summed E-state index contributed by atoms with van der Waals surface area (Å²) in [6.07, 6.45) is 1.57. The van der Waals surface area contributed by atoms with Gasteiger partial charge in [-0.3, -0.25) is 0 Å². The van der Waals surface area contributed by atoms with Gasteiger partial charge in [-0.25, -0.2) is 14.6 Å². The van der Waals surface area contributed by atoms with Crippen molar-refractivity contribution in [2.24, 2.45) is 0 Å². The van der Waals surface area contributed by atoms with Crippen molar-refractivity contribution in [1.29, 1.82) is 0 Å². The third kappa shape index (κ3) is 3.36. The second-order valence-electron chi connectivity index (χ2n) is 4.09. The molecule has 0 fully saturated rings. The van der Waals surface area contributed by atoms with Crippen LogP contribution in [0, 0.1) is 0 Å². The molecule has 108 valence electrons. The summed E-state index contributed by atoms with van der Waals surface area (Å²) in [6.45, 7) is 0. The first kappa shape index (κ1) is 14.5. The maximum absolute atomic E-state index is 11.6. The Hall–Kier alpha value is -2.89. The molecule has 21 heavy (non-hydrogen) atoms. The van der Waals surface area contributed by atoms with E-state index in [-0.39, 0.29) is 0 Å². The van der Waals surface area contributed by atoms with Gasteiger partial charge < -0.3 is 14.8 Å². The number of esters is 2. The van der Waals surface area contributed by atoms with E-state index in [0.29, 0.717) is 22.6 Å². The Kier molecular flexibility index (Phi) is 4.50. The normalized spacial score (nSPS) is 9.81. The molecule has 2 rings (SSSR count). The minimum atomic E-state index is -0.475. The molecule has 0 aliphatic carbocycles. The predicted octanol–water partition coefficient (Wildman–Crippen LogP) is 2.40. The van der Waals surface area contributed by atoms with Gasteiger partial charge in [0.05, 0.1) is 19.8 Å². The molecule has 0 aliphatic rings. The number of nitrogens with one attached hydrogen (secondary N) is 1. The summed E-state index contributed by atoms with van der Waals surface area (Å²) >= 11 is 0. The van der Waals surface area contributed by atoms with Gasteiger partial charge in [-0.2, -0.15) is 0 Å². The van der Waals surface area contributed by atoms with Crippen LogP contribution in [0.1, 0.15) is 20.7 Å². The van der Waals surface area contributed by atoms with Crippen LogP contribution in [0.3, 0.4) is 0 Å². The van der Waals surface area contributed by atoms with Crippen molar-refractivity contribution >= 4 is 23.4 Å². The first-order valence-electron chi connectivity index (χ1n) is 6.14. The summed E-state index contributed by atoms with van der Waals surface area (Å²) in [6, 6.07) is 9.90. The molecular weight excluding hydrogens is 272 g/mol. The predicted molar refractivity (Wildman–Crippen MR) is 76.6 cm³/mol. The van der Waals surface area contributed by atoms with Crippen molar-refractivity contribution in [2.75, 3.05) is 19.5 Å². The summed E-state index contributed by atoms with van der Waals surface area (Å²) in [5, 5.41) is 3.01. The molecular formula is C15H14N2O4. The van der Waals surface area contributed by atoms with E-state index in [0.717, 1.165) is 0 Å². The first-order valence-corrected chi connectivity index (χ1v) is 6.14. The molecule has 0 unspecified atom stereocenters. The van der Waals surface area contributed by atoms with Gasteiger partial charge in [-0.05, 0) is 36.4 Å². The van der Waals surface area contributed by atoms with Crippen molar-refractivity contribution in [3.63, 3.8) is 0 Å². The number of carbonyl (C=O) groups excluding carboxylic acids is 2. The lowest BCUT2D eigenvalue weighted by Gasteiger charge is -2.09. The molecule has 1 aromatic heterocycles. The van der Waals surface area contributed by atoms with Crippen molar-refractivity contribution in [3.05, 3.63) is 53.7 Å². The highest BCUT2D eigenvalue weighted by Gasteiger charge is 2.12. The lowest BCUT2D eigenvalue weighted by atomic mass is 10.2. The quantitative estimate of drug-likeness (QED) is 0.870. The van der Waals surface area contributed by atoms with Crippen LogP contribution in [0.25, 0.3) is 0 Å². The van der Waals surface area contributed by atoms with Crippen LogP contribution in [-0.2, 0) is 9.47 Å². The molecule has 0 bridgehead atoms. The van der Waals surface area contributed by atoms with Crippen LogP contribution in [0.4, 0.5) is 11.5 Å². The Labute approximate surface area is 121 Å². The molecule has 0 saturated heterocycles. The molecule has 6 nitrogen and oxygen atoms in total. The third-order valence-electron chi connectivity index (χ3n) is 2.78. The van der Waals surface area contributed by atoms with Crippen LogP contribution >= 0.6 is 0 Å². The number of benzene rings is 1. The number of methoxy groups -OCH3 is 2. The largest absolute Gasteiger partial charge is 0.465 e. The zero-order valence-corrected chi connectivity index (χ0v) is 11.6. The molecule has 1 N–H and O–H groups in total. The molecule has 6 heteroatoms. The van der Waals surface area contributed by atoms with Crippen LogP contribution in [0.5, 0.6) is 0 Å². The van der Waals surface area contributed by atoms with E-state index in [9.17, 15) is 9.59 Å². The zero-order chi connectivity index (χ0) is 15.2. The van der Waals surface area contributed by atoms with E-state index in [1.165, 1.54) is 14.2 Å². The molecule has 1 heterocycles. The van der Waals surface area contributed by atoms with Crippen LogP contribution in [0.15, 0.2) is 42.6 Å². The van der Waals surface area contributed by atoms with Gasteiger partial charge in [-0.15, -0.1) is 0 Å². The molecule has 1 aromatic carbocycles. The molecule has 0 radical (unpaired) electrons. The van der Waals surface area contributed by atoms with Crippen molar-refractivity contribution in [2.45, 2.75) is 0 Å². The summed E-state index contributed by atoms with van der Waals surface area (Å²) < 4.78 is 9.33. The van der Waals surface area contributed by atoms with Gasteiger partial charge in [0.25, 0.3) is 0 Å². The fourth-order valence-corrected chi connectivity index (χ4v) is 1.72. The lowest BCUT2D eigenvalue weighted by Crippen LogP contribution is -2.07. The standard InChI is InChI=1S/C15H14N2O4/c1-20-14(18)10-5-7-11(8-6-10)17-13-12(15(19)21-2)4-3-9-16-13/h3-9H,1-2H3,(H,16,17). The van der Waals surface area contributed by atoms with Crippen LogP contribution in [0.2, 0.25) is 0 Å². The van der Waals surface area contributed by atoms with Crippen molar-refractivity contribution in [1.82, 2.24) is 4.98 Å². The van der Waals surface area contributed by atoms with Gasteiger partial charge >= 0.3 is 11.9 Å². The SMILES string of the molecule is COC(=O)c1ccc(Nc2ncccc2C(=O)OC)cc1. The highest BCUT2D eigenvalue weighted by atomic mass is 16.5. The molecule has 0 spiro atoms. The van der Waals surface area contributed by atoms with Gasteiger partial charge in [0.15, 0.2) is 0 Å². The molecule has 0 saturated carbocycles. The Morgan fingerprint density at radius 1 is 1.00 bits per heavy atom. The van der Waals surface area contributed by atoms with Gasteiger partial charge in [0.1, 0.15) is 11.4 Å².